The van der Waals surface area contributed by atoms with Gasteiger partial charge in [0.15, 0.2) is 11.2 Å². The number of ether oxygens (including phenoxy) is 2. The number of nitrogens with one attached hydrogen (secondary N) is 1. The first-order chi connectivity index (χ1) is 10.6. The Kier molecular flexibility index (Phi) is 4.73. The van der Waals surface area contributed by atoms with Crippen LogP contribution in [-0.4, -0.2) is 36.3 Å². The van der Waals surface area contributed by atoms with Gasteiger partial charge in [-0.05, 0) is 24.6 Å². The molecule has 1 N–H and O–H groups in total. The molecule has 3 rings (SSSR count). The fourth-order valence-corrected chi connectivity index (χ4v) is 3.13. The Bertz CT molecular complexity index is 659. The summed E-state index contributed by atoms with van der Waals surface area (Å²) in [5, 5.41) is 4.00. The van der Waals surface area contributed by atoms with E-state index < -0.39 is 6.10 Å². The maximum atomic E-state index is 12.2. The molecule has 1 saturated heterocycles. The van der Waals surface area contributed by atoms with Crippen molar-refractivity contribution < 1.29 is 14.3 Å². The number of aromatic nitrogens is 1. The van der Waals surface area contributed by atoms with Gasteiger partial charge in [-0.3, -0.25) is 10.1 Å². The number of thiazole rings is 1. The van der Waals surface area contributed by atoms with Crippen molar-refractivity contribution >= 4 is 34.0 Å². The molecule has 1 aliphatic heterocycles. The number of halogens is 1. The predicted octanol–water partition coefficient (Wildman–Crippen LogP) is 3.21. The molecule has 116 valence electrons. The van der Waals surface area contributed by atoms with E-state index in [4.69, 9.17) is 21.1 Å². The molecule has 0 bridgehead atoms. The van der Waals surface area contributed by atoms with Gasteiger partial charge in [-0.2, -0.15) is 0 Å². The van der Waals surface area contributed by atoms with Gasteiger partial charge in [-0.1, -0.05) is 35.1 Å². The van der Waals surface area contributed by atoms with Crippen molar-refractivity contribution in [2.75, 3.05) is 18.5 Å². The van der Waals surface area contributed by atoms with Gasteiger partial charge in [0.2, 0.25) is 0 Å². The summed E-state index contributed by atoms with van der Waals surface area (Å²) in [4.78, 5) is 17.4. The standard InChI is InChI=1S/C15H15ClN2O3S/c1-9-13(21-7-6-20-9)14(19)18-15-17-8-12(22-15)10-2-4-11(16)5-3-10/h2-5,8-9,13H,6-7H2,1H3,(H,17,18,19)/t9-,13-/m0/s1. The fourth-order valence-electron chi connectivity index (χ4n) is 2.18. The molecular formula is C15H15ClN2O3S. The number of hydrogen-bond donors (Lipinski definition) is 1. The van der Waals surface area contributed by atoms with E-state index in [1.807, 2.05) is 31.2 Å². The lowest BCUT2D eigenvalue weighted by molar-refractivity contribution is -0.157. The van der Waals surface area contributed by atoms with Crippen molar-refractivity contribution in [3.63, 3.8) is 0 Å². The van der Waals surface area contributed by atoms with E-state index in [0.717, 1.165) is 10.4 Å². The maximum absolute atomic E-state index is 12.2. The minimum atomic E-state index is -0.600. The van der Waals surface area contributed by atoms with Gasteiger partial charge in [0.1, 0.15) is 0 Å². The Hall–Kier alpha value is -1.47. The summed E-state index contributed by atoms with van der Waals surface area (Å²) in [6.07, 6.45) is 0.867. The van der Waals surface area contributed by atoms with Crippen molar-refractivity contribution in [2.45, 2.75) is 19.1 Å². The largest absolute Gasteiger partial charge is 0.373 e. The molecule has 2 atom stereocenters. The van der Waals surface area contributed by atoms with E-state index in [2.05, 4.69) is 10.3 Å². The highest BCUT2D eigenvalue weighted by Crippen LogP contribution is 2.30. The first kappa shape index (κ1) is 15.4. The number of amides is 1. The molecule has 22 heavy (non-hydrogen) atoms. The molecule has 0 saturated carbocycles. The van der Waals surface area contributed by atoms with Crippen LogP contribution in [0.5, 0.6) is 0 Å². The van der Waals surface area contributed by atoms with Crippen molar-refractivity contribution in [3.05, 3.63) is 35.5 Å². The van der Waals surface area contributed by atoms with E-state index in [0.29, 0.717) is 23.4 Å². The van der Waals surface area contributed by atoms with Gasteiger partial charge < -0.3 is 9.47 Å². The molecule has 2 aromatic rings. The number of benzene rings is 1. The summed E-state index contributed by atoms with van der Waals surface area (Å²) in [5.74, 6) is -0.232. The zero-order chi connectivity index (χ0) is 15.5. The van der Waals surface area contributed by atoms with Gasteiger partial charge in [0.05, 0.1) is 24.2 Å². The summed E-state index contributed by atoms with van der Waals surface area (Å²) < 4.78 is 10.9. The molecule has 1 aliphatic rings. The lowest BCUT2D eigenvalue weighted by atomic mass is 10.2. The number of anilines is 1. The van der Waals surface area contributed by atoms with Crippen LogP contribution in [-0.2, 0) is 14.3 Å². The maximum Gasteiger partial charge on any atom is 0.257 e. The molecule has 0 spiro atoms. The minimum Gasteiger partial charge on any atom is -0.373 e. The first-order valence-electron chi connectivity index (χ1n) is 6.89. The Labute approximate surface area is 137 Å². The molecule has 1 amide bonds. The normalized spacial score (nSPS) is 21.5. The number of nitrogens with zero attached hydrogens (tertiary/aromatic N) is 1. The van der Waals surface area contributed by atoms with Crippen molar-refractivity contribution in [3.8, 4) is 10.4 Å². The number of rotatable bonds is 3. The van der Waals surface area contributed by atoms with Gasteiger partial charge in [-0.25, -0.2) is 4.98 Å². The van der Waals surface area contributed by atoms with Crippen LogP contribution in [0.4, 0.5) is 5.13 Å². The number of carbonyl (C=O) groups is 1. The van der Waals surface area contributed by atoms with Crippen LogP contribution in [0.2, 0.25) is 5.02 Å². The average Bonchev–Trinajstić information content (AvgIpc) is 2.97. The van der Waals surface area contributed by atoms with Gasteiger partial charge in [0.25, 0.3) is 5.91 Å². The van der Waals surface area contributed by atoms with Crippen molar-refractivity contribution in [1.82, 2.24) is 4.98 Å². The predicted molar refractivity (Wildman–Crippen MR) is 86.3 cm³/mol. The fraction of sp³-hybridized carbons (Fsp3) is 0.333. The highest BCUT2D eigenvalue weighted by Gasteiger charge is 2.30. The summed E-state index contributed by atoms with van der Waals surface area (Å²) in [6.45, 7) is 2.77. The van der Waals surface area contributed by atoms with E-state index in [9.17, 15) is 4.79 Å². The summed E-state index contributed by atoms with van der Waals surface area (Å²) >= 11 is 7.28. The Balaban J connectivity index is 1.68. The summed E-state index contributed by atoms with van der Waals surface area (Å²) in [5.41, 5.74) is 1.01. The molecule has 1 aromatic heterocycles. The van der Waals surface area contributed by atoms with Crippen molar-refractivity contribution in [2.24, 2.45) is 0 Å². The molecule has 0 unspecified atom stereocenters. The van der Waals surface area contributed by atoms with Crippen LogP contribution in [0.25, 0.3) is 10.4 Å². The van der Waals surface area contributed by atoms with E-state index in [-0.39, 0.29) is 12.0 Å². The minimum absolute atomic E-state index is 0.232. The van der Waals surface area contributed by atoms with Crippen LogP contribution in [0, 0.1) is 0 Å². The second-order valence-electron chi connectivity index (χ2n) is 4.89. The lowest BCUT2D eigenvalue weighted by Crippen LogP contribution is -2.44. The molecule has 5 nitrogen and oxygen atoms in total. The Morgan fingerprint density at radius 2 is 2.05 bits per heavy atom. The summed E-state index contributed by atoms with van der Waals surface area (Å²) in [6, 6.07) is 7.48. The average molecular weight is 339 g/mol. The van der Waals surface area contributed by atoms with Crippen LogP contribution in [0.15, 0.2) is 30.5 Å². The van der Waals surface area contributed by atoms with Crippen LogP contribution >= 0.6 is 22.9 Å². The van der Waals surface area contributed by atoms with Gasteiger partial charge >= 0.3 is 0 Å². The third-order valence-corrected chi connectivity index (χ3v) is 4.52. The van der Waals surface area contributed by atoms with E-state index in [1.165, 1.54) is 11.3 Å². The molecule has 0 radical (unpaired) electrons. The highest BCUT2D eigenvalue weighted by atomic mass is 35.5. The number of carbonyl (C=O) groups excluding carboxylic acids is 1. The Morgan fingerprint density at radius 1 is 1.32 bits per heavy atom. The molecule has 7 heteroatoms. The van der Waals surface area contributed by atoms with Crippen LogP contribution in [0.3, 0.4) is 0 Å². The van der Waals surface area contributed by atoms with Gasteiger partial charge in [-0.15, -0.1) is 0 Å². The molecule has 1 fully saturated rings. The molecule has 1 aromatic carbocycles. The molecule has 2 heterocycles. The lowest BCUT2D eigenvalue weighted by Gasteiger charge is -2.27. The smallest absolute Gasteiger partial charge is 0.257 e. The monoisotopic (exact) mass is 338 g/mol. The second kappa shape index (κ2) is 6.75. The second-order valence-corrected chi connectivity index (χ2v) is 6.36. The zero-order valence-electron chi connectivity index (χ0n) is 11.9. The third kappa shape index (κ3) is 3.47. The first-order valence-corrected chi connectivity index (χ1v) is 8.09. The summed E-state index contributed by atoms with van der Waals surface area (Å²) in [7, 11) is 0. The quantitative estimate of drug-likeness (QED) is 0.933. The zero-order valence-corrected chi connectivity index (χ0v) is 13.5. The van der Waals surface area contributed by atoms with Crippen molar-refractivity contribution in [1.29, 1.82) is 0 Å². The Morgan fingerprint density at radius 3 is 2.77 bits per heavy atom. The topological polar surface area (TPSA) is 60.5 Å². The van der Waals surface area contributed by atoms with Gasteiger partial charge in [0, 0.05) is 11.2 Å². The van der Waals surface area contributed by atoms with E-state index in [1.54, 1.807) is 6.20 Å². The highest BCUT2D eigenvalue weighted by molar-refractivity contribution is 7.19. The van der Waals surface area contributed by atoms with Crippen LogP contribution < -0.4 is 5.32 Å². The number of hydrogen-bond acceptors (Lipinski definition) is 5. The SMILES string of the molecule is C[C@@H]1OCCO[C@@H]1C(=O)Nc1ncc(-c2ccc(Cl)cc2)s1. The molecule has 0 aliphatic carbocycles. The third-order valence-electron chi connectivity index (χ3n) is 3.31. The van der Waals surface area contributed by atoms with Crippen LogP contribution in [0.1, 0.15) is 6.92 Å². The molecular weight excluding hydrogens is 324 g/mol. The van der Waals surface area contributed by atoms with E-state index >= 15 is 0 Å².